The molecule has 32 heavy (non-hydrogen) atoms. The van der Waals surface area contributed by atoms with Crippen LogP contribution < -0.4 is 15.2 Å². The standard InChI is InChI=1S/C25H25ClN4O2/c1-16-12-28(13-17(16)2)22-9-8-21(11-24(22)32-3)29-15-27-30-14-19(10-23(30)25(29)31)18-4-6-20(26)7-5-18/h4-11,14-17H,12-13H2,1-3H3/t16-,17+. The van der Waals surface area contributed by atoms with Gasteiger partial charge in [0.1, 0.15) is 17.6 Å². The zero-order valence-electron chi connectivity index (χ0n) is 18.3. The summed E-state index contributed by atoms with van der Waals surface area (Å²) < 4.78 is 8.87. The Labute approximate surface area is 191 Å². The second-order valence-electron chi connectivity index (χ2n) is 8.59. The first-order valence-corrected chi connectivity index (χ1v) is 11.1. The normalized spacial score (nSPS) is 18.4. The summed E-state index contributed by atoms with van der Waals surface area (Å²) in [4.78, 5) is 15.6. The van der Waals surface area contributed by atoms with Gasteiger partial charge in [-0.15, -0.1) is 0 Å². The highest BCUT2D eigenvalue weighted by atomic mass is 35.5. The number of methoxy groups -OCH3 is 1. The first-order valence-electron chi connectivity index (χ1n) is 10.7. The topological polar surface area (TPSA) is 51.8 Å². The van der Waals surface area contributed by atoms with Gasteiger partial charge in [0.25, 0.3) is 5.56 Å². The van der Waals surface area contributed by atoms with Gasteiger partial charge in [0.2, 0.25) is 0 Å². The lowest BCUT2D eigenvalue weighted by molar-refractivity contribution is 0.414. The lowest BCUT2D eigenvalue weighted by Gasteiger charge is -2.22. The van der Waals surface area contributed by atoms with Crippen LogP contribution >= 0.6 is 11.6 Å². The Hall–Kier alpha value is -3.25. The number of rotatable bonds is 4. The largest absolute Gasteiger partial charge is 0.495 e. The second kappa shape index (κ2) is 8.02. The van der Waals surface area contributed by atoms with E-state index in [1.807, 2.05) is 54.7 Å². The third-order valence-electron chi connectivity index (χ3n) is 6.48. The van der Waals surface area contributed by atoms with Gasteiger partial charge in [-0.2, -0.15) is 5.10 Å². The maximum Gasteiger partial charge on any atom is 0.282 e. The van der Waals surface area contributed by atoms with Gasteiger partial charge in [-0.05, 0) is 47.7 Å². The van der Waals surface area contributed by atoms with E-state index in [-0.39, 0.29) is 5.56 Å². The van der Waals surface area contributed by atoms with Gasteiger partial charge < -0.3 is 9.64 Å². The molecule has 0 aliphatic carbocycles. The van der Waals surface area contributed by atoms with Crippen LogP contribution in [0.25, 0.3) is 22.3 Å². The summed E-state index contributed by atoms with van der Waals surface area (Å²) in [5.41, 5.74) is 4.03. The summed E-state index contributed by atoms with van der Waals surface area (Å²) in [5.74, 6) is 2.03. The molecule has 0 saturated carbocycles. The van der Waals surface area contributed by atoms with E-state index in [0.717, 1.165) is 41.3 Å². The smallest absolute Gasteiger partial charge is 0.282 e. The number of halogens is 1. The van der Waals surface area contributed by atoms with Crippen molar-refractivity contribution in [3.63, 3.8) is 0 Å². The van der Waals surface area contributed by atoms with Crippen LogP contribution in [0.5, 0.6) is 5.75 Å². The molecule has 1 aliphatic heterocycles. The van der Waals surface area contributed by atoms with Crippen LogP contribution in [0, 0.1) is 11.8 Å². The molecule has 1 saturated heterocycles. The van der Waals surface area contributed by atoms with E-state index in [4.69, 9.17) is 16.3 Å². The van der Waals surface area contributed by atoms with E-state index in [2.05, 4.69) is 23.8 Å². The highest BCUT2D eigenvalue weighted by Gasteiger charge is 2.28. The summed E-state index contributed by atoms with van der Waals surface area (Å²) in [5, 5.41) is 5.13. The summed E-state index contributed by atoms with van der Waals surface area (Å²) in [6, 6.07) is 15.3. The Bertz CT molecular complexity index is 1330. The predicted molar refractivity (Wildman–Crippen MR) is 128 cm³/mol. The van der Waals surface area contributed by atoms with Crippen LogP contribution in [0.1, 0.15) is 13.8 Å². The minimum Gasteiger partial charge on any atom is -0.495 e. The van der Waals surface area contributed by atoms with Crippen molar-refractivity contribution in [3.8, 4) is 22.6 Å². The Kier molecular flexibility index (Phi) is 5.18. The van der Waals surface area contributed by atoms with Crippen molar-refractivity contribution in [1.29, 1.82) is 0 Å². The highest BCUT2D eigenvalue weighted by molar-refractivity contribution is 6.30. The number of hydrogen-bond donors (Lipinski definition) is 0. The molecule has 2 aromatic heterocycles. The minimum absolute atomic E-state index is 0.140. The van der Waals surface area contributed by atoms with Gasteiger partial charge >= 0.3 is 0 Å². The zero-order valence-corrected chi connectivity index (χ0v) is 19.1. The van der Waals surface area contributed by atoms with E-state index in [1.54, 1.807) is 22.5 Å². The molecule has 7 heteroatoms. The molecule has 0 radical (unpaired) electrons. The predicted octanol–water partition coefficient (Wildman–Crippen LogP) is 4.91. The first-order chi connectivity index (χ1) is 15.4. The molecular weight excluding hydrogens is 424 g/mol. The van der Waals surface area contributed by atoms with Gasteiger partial charge in [0, 0.05) is 35.9 Å². The van der Waals surface area contributed by atoms with E-state index in [0.29, 0.717) is 22.4 Å². The quantitative estimate of drug-likeness (QED) is 0.445. The molecule has 0 N–H and O–H groups in total. The lowest BCUT2D eigenvalue weighted by atomic mass is 10.0. The first kappa shape index (κ1) is 20.6. The van der Waals surface area contributed by atoms with Gasteiger partial charge in [0.15, 0.2) is 0 Å². The molecule has 0 bridgehead atoms. The average Bonchev–Trinajstić information content (AvgIpc) is 3.38. The monoisotopic (exact) mass is 448 g/mol. The molecule has 2 atom stereocenters. The highest BCUT2D eigenvalue weighted by Crippen LogP contribution is 2.35. The zero-order chi connectivity index (χ0) is 22.4. The van der Waals surface area contributed by atoms with Crippen LogP contribution in [0.3, 0.4) is 0 Å². The number of nitrogens with zero attached hydrogens (tertiary/aromatic N) is 4. The number of ether oxygens (including phenoxy) is 1. The summed E-state index contributed by atoms with van der Waals surface area (Å²) >= 11 is 6.00. The SMILES string of the molecule is COc1cc(-n2cnn3cc(-c4ccc(Cl)cc4)cc3c2=O)ccc1N1C[C@@H](C)[C@@H](C)C1. The number of aromatic nitrogens is 3. The molecule has 164 valence electrons. The van der Waals surface area contributed by atoms with Crippen molar-refractivity contribution in [1.82, 2.24) is 14.2 Å². The van der Waals surface area contributed by atoms with E-state index in [1.165, 1.54) is 0 Å². The summed E-state index contributed by atoms with van der Waals surface area (Å²) in [7, 11) is 1.67. The van der Waals surface area contributed by atoms with Crippen molar-refractivity contribution in [3.05, 3.63) is 76.4 Å². The van der Waals surface area contributed by atoms with Crippen molar-refractivity contribution in [2.45, 2.75) is 13.8 Å². The van der Waals surface area contributed by atoms with Gasteiger partial charge in [-0.25, -0.2) is 4.52 Å². The Morgan fingerprint density at radius 1 is 1.00 bits per heavy atom. The number of fused-ring (bicyclic) bond motifs is 1. The Balaban J connectivity index is 1.53. The Morgan fingerprint density at radius 2 is 1.72 bits per heavy atom. The maximum atomic E-state index is 13.3. The molecule has 0 unspecified atom stereocenters. The molecule has 0 spiro atoms. The molecule has 1 fully saturated rings. The maximum absolute atomic E-state index is 13.3. The van der Waals surface area contributed by atoms with Crippen molar-refractivity contribution in [2.24, 2.45) is 11.8 Å². The third kappa shape index (κ3) is 3.54. The van der Waals surface area contributed by atoms with Crippen LogP contribution in [-0.4, -0.2) is 34.4 Å². The molecular formula is C25H25ClN4O2. The fourth-order valence-corrected chi connectivity index (χ4v) is 4.50. The average molecular weight is 449 g/mol. The van der Waals surface area contributed by atoms with E-state index < -0.39 is 0 Å². The van der Waals surface area contributed by atoms with Gasteiger partial charge in [-0.1, -0.05) is 37.6 Å². The minimum atomic E-state index is -0.140. The van der Waals surface area contributed by atoms with E-state index in [9.17, 15) is 4.79 Å². The number of benzene rings is 2. The number of hydrogen-bond acceptors (Lipinski definition) is 4. The lowest BCUT2D eigenvalue weighted by Crippen LogP contribution is -2.22. The Morgan fingerprint density at radius 3 is 2.41 bits per heavy atom. The molecule has 0 amide bonds. The fourth-order valence-electron chi connectivity index (χ4n) is 4.38. The second-order valence-corrected chi connectivity index (χ2v) is 9.02. The fraction of sp³-hybridized carbons (Fsp3) is 0.280. The third-order valence-corrected chi connectivity index (χ3v) is 6.73. The van der Waals surface area contributed by atoms with Crippen LogP contribution in [0.4, 0.5) is 5.69 Å². The van der Waals surface area contributed by atoms with Gasteiger partial charge in [-0.3, -0.25) is 9.36 Å². The molecule has 5 rings (SSSR count). The molecule has 1 aliphatic rings. The van der Waals surface area contributed by atoms with Crippen LogP contribution in [-0.2, 0) is 0 Å². The van der Waals surface area contributed by atoms with Crippen molar-refractivity contribution in [2.75, 3.05) is 25.1 Å². The summed E-state index contributed by atoms with van der Waals surface area (Å²) in [6.45, 7) is 6.56. The van der Waals surface area contributed by atoms with Gasteiger partial charge in [0.05, 0.1) is 18.5 Å². The summed E-state index contributed by atoms with van der Waals surface area (Å²) in [6.07, 6.45) is 3.40. The van der Waals surface area contributed by atoms with Crippen molar-refractivity contribution >= 4 is 22.8 Å². The van der Waals surface area contributed by atoms with E-state index >= 15 is 0 Å². The molecule has 4 aromatic rings. The van der Waals surface area contributed by atoms with Crippen molar-refractivity contribution < 1.29 is 4.74 Å². The molecule has 6 nitrogen and oxygen atoms in total. The number of anilines is 1. The molecule has 2 aromatic carbocycles. The molecule has 3 heterocycles. The van der Waals surface area contributed by atoms with Crippen LogP contribution in [0.2, 0.25) is 5.02 Å². The van der Waals surface area contributed by atoms with Crippen LogP contribution in [0.15, 0.2) is 65.8 Å².